The number of nitrogens with zero attached hydrogens (tertiary/aromatic N) is 3. The number of carbonyl (C=O) groups excluding carboxylic acids is 2. The van der Waals surface area contributed by atoms with Crippen molar-refractivity contribution in [2.24, 2.45) is 0 Å². The number of amides is 2. The number of carbonyl (C=O) groups is 2. The van der Waals surface area contributed by atoms with Crippen LogP contribution >= 0.6 is 0 Å². The molecule has 2 N–H and O–H groups in total. The largest absolute Gasteiger partial charge is 0.435 e. The molecule has 0 aliphatic carbocycles. The van der Waals surface area contributed by atoms with Gasteiger partial charge >= 0.3 is 6.18 Å². The van der Waals surface area contributed by atoms with E-state index in [-0.39, 0.29) is 18.8 Å². The van der Waals surface area contributed by atoms with Crippen molar-refractivity contribution in [3.8, 4) is 5.69 Å². The Morgan fingerprint density at radius 2 is 1.70 bits per heavy atom. The van der Waals surface area contributed by atoms with E-state index in [9.17, 15) is 22.8 Å². The zero-order valence-electron chi connectivity index (χ0n) is 18.0. The van der Waals surface area contributed by atoms with Crippen LogP contribution < -0.4 is 10.6 Å². The smallest absolute Gasteiger partial charge is 0.350 e. The van der Waals surface area contributed by atoms with Crippen molar-refractivity contribution in [1.29, 1.82) is 0 Å². The van der Waals surface area contributed by atoms with Gasteiger partial charge in [0, 0.05) is 25.5 Å². The lowest BCUT2D eigenvalue weighted by molar-refractivity contribution is -0.141. The fraction of sp³-hybridized carbons (Fsp3) is 0.304. The maximum atomic E-state index is 13.4. The lowest BCUT2D eigenvalue weighted by Crippen LogP contribution is -2.35. The van der Waals surface area contributed by atoms with E-state index < -0.39 is 29.2 Å². The lowest BCUT2D eigenvalue weighted by Gasteiger charge is -2.08. The van der Waals surface area contributed by atoms with Crippen LogP contribution in [0.1, 0.15) is 51.9 Å². The Kier molecular flexibility index (Phi) is 7.81. The summed E-state index contributed by atoms with van der Waals surface area (Å²) in [7, 11) is 0. The van der Waals surface area contributed by atoms with Crippen LogP contribution in [0.2, 0.25) is 0 Å². The van der Waals surface area contributed by atoms with Crippen molar-refractivity contribution in [3.05, 3.63) is 77.4 Å². The predicted molar refractivity (Wildman–Crippen MR) is 116 cm³/mol. The van der Waals surface area contributed by atoms with Gasteiger partial charge in [0.15, 0.2) is 5.69 Å². The molecule has 2 heterocycles. The summed E-state index contributed by atoms with van der Waals surface area (Å²) >= 11 is 0. The first-order chi connectivity index (χ1) is 15.8. The molecular formula is C23H24F3N5O2. The van der Waals surface area contributed by atoms with Gasteiger partial charge in [0.25, 0.3) is 11.8 Å². The summed E-state index contributed by atoms with van der Waals surface area (Å²) in [4.78, 5) is 28.7. The zero-order valence-corrected chi connectivity index (χ0v) is 18.0. The second kappa shape index (κ2) is 10.8. The Bertz CT molecular complexity index is 1080. The molecule has 1 aromatic carbocycles. The van der Waals surface area contributed by atoms with Gasteiger partial charge in [-0.3, -0.25) is 14.6 Å². The van der Waals surface area contributed by atoms with E-state index in [1.807, 2.05) is 6.07 Å². The number of nitrogens with one attached hydrogen (secondary N) is 2. The highest BCUT2D eigenvalue weighted by molar-refractivity contribution is 5.95. The molecule has 2 aromatic heterocycles. The van der Waals surface area contributed by atoms with Crippen LogP contribution in [0.25, 0.3) is 5.69 Å². The minimum Gasteiger partial charge on any atom is -0.350 e. The highest BCUT2D eigenvalue weighted by Gasteiger charge is 2.39. The molecule has 7 nitrogen and oxygen atoms in total. The first-order valence-electron chi connectivity index (χ1n) is 10.5. The van der Waals surface area contributed by atoms with Crippen LogP contribution in [0.15, 0.2) is 54.9 Å². The number of rotatable bonds is 9. The van der Waals surface area contributed by atoms with Crippen molar-refractivity contribution in [2.75, 3.05) is 13.1 Å². The molecule has 3 rings (SSSR count). The summed E-state index contributed by atoms with van der Waals surface area (Å²) < 4.78 is 41.2. The molecule has 0 aliphatic rings. The Morgan fingerprint density at radius 1 is 1.00 bits per heavy atom. The third-order valence-electron chi connectivity index (χ3n) is 4.82. The minimum atomic E-state index is -4.80. The quantitative estimate of drug-likeness (QED) is 0.477. The molecule has 0 radical (unpaired) electrons. The summed E-state index contributed by atoms with van der Waals surface area (Å²) in [5.41, 5.74) is -0.216. The molecule has 2 amide bonds. The molecule has 33 heavy (non-hydrogen) atoms. The SMILES string of the molecule is CCCCc1ccc(C(=O)NCCNC(=O)c2cn(-c3ccccc3)nc2C(F)(F)F)nc1. The standard InChI is InChI=1S/C23H24F3N5O2/c1-2-3-7-16-10-11-19(29-14-16)22(33)28-13-12-27-21(32)18-15-31(17-8-5-4-6-9-17)30-20(18)23(24,25)26/h4-6,8-11,14-15H,2-3,7,12-13H2,1H3,(H,27,32)(H,28,33). The van der Waals surface area contributed by atoms with Crippen LogP contribution in [0.5, 0.6) is 0 Å². The molecule has 0 saturated carbocycles. The number of unbranched alkanes of at least 4 members (excludes halogenated alkanes) is 1. The minimum absolute atomic E-state index is 0.0258. The van der Waals surface area contributed by atoms with Crippen molar-refractivity contribution >= 4 is 11.8 Å². The van der Waals surface area contributed by atoms with Crippen molar-refractivity contribution in [3.63, 3.8) is 0 Å². The highest BCUT2D eigenvalue weighted by Crippen LogP contribution is 2.31. The summed E-state index contributed by atoms with van der Waals surface area (Å²) in [6.07, 6.45) is 0.873. The topological polar surface area (TPSA) is 88.9 Å². The number of aryl methyl sites for hydroxylation is 1. The number of benzene rings is 1. The summed E-state index contributed by atoms with van der Waals surface area (Å²) in [6, 6.07) is 11.6. The second-order valence-electron chi connectivity index (χ2n) is 7.34. The number of alkyl halides is 3. The second-order valence-corrected chi connectivity index (χ2v) is 7.34. The summed E-state index contributed by atoms with van der Waals surface area (Å²) in [6.45, 7) is 2.05. The predicted octanol–water partition coefficient (Wildman–Crippen LogP) is 3.79. The molecule has 0 spiro atoms. The molecule has 0 aliphatic heterocycles. The number of halogens is 3. The Morgan fingerprint density at radius 3 is 2.30 bits per heavy atom. The number of hydrogen-bond donors (Lipinski definition) is 2. The number of pyridine rings is 1. The van der Waals surface area contributed by atoms with Gasteiger partial charge in [-0.2, -0.15) is 18.3 Å². The van der Waals surface area contributed by atoms with Crippen LogP contribution in [0.3, 0.4) is 0 Å². The lowest BCUT2D eigenvalue weighted by atomic mass is 10.1. The average Bonchev–Trinajstić information content (AvgIpc) is 3.28. The van der Waals surface area contributed by atoms with Gasteiger partial charge in [-0.05, 0) is 36.6 Å². The molecule has 3 aromatic rings. The average molecular weight is 459 g/mol. The fourth-order valence-corrected chi connectivity index (χ4v) is 3.09. The van der Waals surface area contributed by atoms with Gasteiger partial charge in [-0.1, -0.05) is 37.6 Å². The first-order valence-corrected chi connectivity index (χ1v) is 10.5. The molecular weight excluding hydrogens is 435 g/mol. The van der Waals surface area contributed by atoms with Gasteiger partial charge in [0.05, 0.1) is 11.3 Å². The van der Waals surface area contributed by atoms with E-state index in [1.54, 1.807) is 42.6 Å². The maximum absolute atomic E-state index is 13.4. The molecule has 0 bridgehead atoms. The van der Waals surface area contributed by atoms with E-state index in [1.165, 1.54) is 0 Å². The van der Waals surface area contributed by atoms with E-state index in [0.717, 1.165) is 35.7 Å². The van der Waals surface area contributed by atoms with Crippen molar-refractivity contribution in [2.45, 2.75) is 32.4 Å². The molecule has 0 atom stereocenters. The number of hydrogen-bond acceptors (Lipinski definition) is 4. The Labute approximate surface area is 189 Å². The van der Waals surface area contributed by atoms with Gasteiger partial charge < -0.3 is 10.6 Å². The zero-order chi connectivity index (χ0) is 23.8. The Hall–Kier alpha value is -3.69. The Balaban J connectivity index is 1.57. The van der Waals surface area contributed by atoms with E-state index in [4.69, 9.17) is 0 Å². The van der Waals surface area contributed by atoms with Gasteiger partial charge in [-0.15, -0.1) is 0 Å². The molecule has 10 heteroatoms. The van der Waals surface area contributed by atoms with Crippen molar-refractivity contribution < 1.29 is 22.8 Å². The van der Waals surface area contributed by atoms with E-state index in [2.05, 4.69) is 27.6 Å². The van der Waals surface area contributed by atoms with Gasteiger partial charge in [0.1, 0.15) is 5.69 Å². The van der Waals surface area contributed by atoms with Gasteiger partial charge in [0.2, 0.25) is 0 Å². The number of para-hydroxylation sites is 1. The maximum Gasteiger partial charge on any atom is 0.435 e. The monoisotopic (exact) mass is 459 g/mol. The van der Waals surface area contributed by atoms with Crippen LogP contribution in [-0.2, 0) is 12.6 Å². The molecule has 0 unspecified atom stereocenters. The molecule has 0 fully saturated rings. The first kappa shape index (κ1) is 24.0. The van der Waals surface area contributed by atoms with E-state index in [0.29, 0.717) is 5.69 Å². The van der Waals surface area contributed by atoms with Crippen LogP contribution in [0, 0.1) is 0 Å². The molecule has 174 valence electrons. The summed E-state index contributed by atoms with van der Waals surface area (Å²) in [5, 5.41) is 8.52. The summed E-state index contributed by atoms with van der Waals surface area (Å²) in [5.74, 6) is -1.36. The highest BCUT2D eigenvalue weighted by atomic mass is 19.4. The van der Waals surface area contributed by atoms with Crippen LogP contribution in [-0.4, -0.2) is 39.7 Å². The van der Waals surface area contributed by atoms with Crippen molar-refractivity contribution in [1.82, 2.24) is 25.4 Å². The number of aromatic nitrogens is 3. The molecule has 0 saturated heterocycles. The normalized spacial score (nSPS) is 11.3. The third kappa shape index (κ3) is 6.41. The van der Waals surface area contributed by atoms with Crippen LogP contribution in [0.4, 0.5) is 13.2 Å². The van der Waals surface area contributed by atoms with Gasteiger partial charge in [-0.25, -0.2) is 4.68 Å². The van der Waals surface area contributed by atoms with E-state index >= 15 is 0 Å². The fourth-order valence-electron chi connectivity index (χ4n) is 3.09. The third-order valence-corrected chi connectivity index (χ3v) is 4.82.